The van der Waals surface area contributed by atoms with Gasteiger partial charge in [0.2, 0.25) is 0 Å². The molecule has 0 aliphatic carbocycles. The van der Waals surface area contributed by atoms with Gasteiger partial charge in [-0.2, -0.15) is 17.5 Å². The van der Waals surface area contributed by atoms with Crippen molar-refractivity contribution in [2.75, 3.05) is 0 Å². The number of rotatable bonds is 2. The van der Waals surface area contributed by atoms with Crippen molar-refractivity contribution in [1.29, 1.82) is 2.67 Å². The summed E-state index contributed by atoms with van der Waals surface area (Å²) < 4.78 is 13.3. The van der Waals surface area contributed by atoms with Crippen LogP contribution in [0, 0.1) is 0 Å². The fourth-order valence-corrected chi connectivity index (χ4v) is 0. The molecule has 0 nitrogen and oxygen atoms in total. The number of hydrogen-bond donors (Lipinski definition) is 0. The molecule has 1 radical (unpaired) electrons. The standard InChI is InChI=1S/B2H5P2.Zn/c1-4-2-3;/h1-2,4H,3H2;/i1T,2T;. The van der Waals surface area contributed by atoms with E-state index in [2.05, 4.69) is 9.12 Å². The summed E-state index contributed by atoms with van der Waals surface area (Å²) in [6, 6.07) is 0. The van der Waals surface area contributed by atoms with E-state index in [1.54, 1.807) is 0 Å². The van der Waals surface area contributed by atoms with Crippen molar-refractivity contribution in [2.45, 2.75) is 0 Å². The van der Waals surface area contributed by atoms with Gasteiger partial charge in [-0.3, -0.25) is 0 Å². The monoisotopic (exact) mass is 157 g/mol. The largest absolute Gasteiger partial charge is 0.197 e. The summed E-state index contributed by atoms with van der Waals surface area (Å²) in [5.41, 5.74) is 0. The maximum absolute atomic E-state index is 6.80. The Morgan fingerprint density at radius 3 is 3.00 bits per heavy atom. The van der Waals surface area contributed by atoms with Gasteiger partial charge in [-0.15, -0.1) is 0 Å². The molecule has 0 rings (SSSR count). The SMILES string of the molecule is [3H][B]PB([3H])P.[Zn]. The summed E-state index contributed by atoms with van der Waals surface area (Å²) in [4.78, 5) is 0. The zero-order valence-corrected chi connectivity index (χ0v) is 8.06. The van der Waals surface area contributed by atoms with Crippen LogP contribution in [0.3, 0.4) is 0 Å². The van der Waals surface area contributed by atoms with E-state index >= 15 is 0 Å². The van der Waals surface area contributed by atoms with Gasteiger partial charge in [-0.05, 0) is 2.67 Å². The van der Waals surface area contributed by atoms with E-state index in [4.69, 9.17) is 2.67 Å². The Hall–Kier alpha value is 1.61. The van der Waals surface area contributed by atoms with Crippen LogP contribution in [0.4, 0.5) is 0 Å². The van der Waals surface area contributed by atoms with E-state index in [0.29, 0.717) is 8.34 Å². The fourth-order valence-electron chi connectivity index (χ4n) is 0. The smallest absolute Gasteiger partial charge is 0.162 e. The zero-order chi connectivity index (χ0) is 4.99. The summed E-state index contributed by atoms with van der Waals surface area (Å²) in [5.74, 6) is 0. The molecule has 0 aromatic rings. The van der Waals surface area contributed by atoms with Crippen LogP contribution < -0.4 is 0 Å². The molecule has 0 aromatic carbocycles. The summed E-state index contributed by atoms with van der Waals surface area (Å²) in [5, 5.41) is 0. The predicted octanol–water partition coefficient (Wildman–Crippen LogP) is -0.380. The van der Waals surface area contributed by atoms with E-state index in [-0.39, 0.29) is 26.2 Å². The molecule has 0 saturated heterocycles. The molecule has 2 atom stereocenters. The van der Waals surface area contributed by atoms with Gasteiger partial charge >= 0.3 is 0 Å². The molecule has 0 spiro atoms. The molecule has 2 unspecified atom stereocenters. The van der Waals surface area contributed by atoms with Gasteiger partial charge in [0.15, 0.2) is 6.68 Å². The third kappa shape index (κ3) is 10.7. The molecule has 0 fully saturated rings. The first kappa shape index (κ1) is 4.76. The third-order valence-electron chi connectivity index (χ3n) is 0.0962. The maximum atomic E-state index is 6.80. The van der Waals surface area contributed by atoms with Gasteiger partial charge in [-0.1, -0.05) is 0 Å². The summed E-state index contributed by atoms with van der Waals surface area (Å²) in [7, 11) is 3.92. The second kappa shape index (κ2) is 9.15. The Labute approximate surface area is 54.2 Å². The molecule has 0 bridgehead atoms. The normalized spacial score (nSPS) is 12.2. The van der Waals surface area contributed by atoms with Gasteiger partial charge in [0.25, 0.3) is 0 Å². The first-order valence-corrected chi connectivity index (χ1v) is 2.73. The van der Waals surface area contributed by atoms with Gasteiger partial charge in [0.05, 0.1) is 0 Å². The van der Waals surface area contributed by atoms with Crippen LogP contribution in [0.1, 0.15) is 0 Å². The topological polar surface area (TPSA) is 0 Å². The van der Waals surface area contributed by atoms with Crippen LogP contribution in [0.2, 0.25) is 0 Å². The predicted molar refractivity (Wildman–Crippen MR) is 32.3 cm³/mol. The van der Waals surface area contributed by atoms with Crippen LogP contribution in [0.25, 0.3) is 0 Å². The fraction of sp³-hybridized carbons (Fsp3) is 0. The van der Waals surface area contributed by atoms with Crippen molar-refractivity contribution in [3.63, 3.8) is 0 Å². The van der Waals surface area contributed by atoms with Crippen molar-refractivity contribution < 1.29 is 19.5 Å². The molecule has 0 amide bonds. The Morgan fingerprint density at radius 2 is 3.00 bits per heavy atom. The van der Waals surface area contributed by atoms with Crippen LogP contribution in [-0.4, -0.2) is 16.9 Å². The van der Waals surface area contributed by atoms with Crippen LogP contribution in [-0.2, 0) is 19.5 Å². The van der Waals surface area contributed by atoms with Crippen molar-refractivity contribution >= 4 is 31.7 Å². The van der Waals surface area contributed by atoms with Crippen LogP contribution in [0.15, 0.2) is 0 Å². The Morgan fingerprint density at radius 1 is 2.40 bits per heavy atom. The van der Waals surface area contributed by atoms with Gasteiger partial charge < -0.3 is 0 Å². The molecule has 0 heterocycles. The van der Waals surface area contributed by atoms with Crippen molar-refractivity contribution in [3.8, 4) is 0 Å². The zero-order valence-electron chi connectivity index (χ0n) is 4.94. The summed E-state index contributed by atoms with van der Waals surface area (Å²) >= 11 is 0. The average Bonchev–Trinajstić information content (AvgIpc) is 1.35. The van der Waals surface area contributed by atoms with Gasteiger partial charge in [-0.25, -0.2) is 0 Å². The van der Waals surface area contributed by atoms with Crippen molar-refractivity contribution in [1.82, 2.24) is 0 Å². The molecule has 5 heavy (non-hydrogen) atoms. The summed E-state index contributed by atoms with van der Waals surface area (Å²) in [6.07, 6.45) is 0. The molecule has 0 aliphatic heterocycles. The summed E-state index contributed by atoms with van der Waals surface area (Å²) in [6.45, 7) is -0.150. The van der Waals surface area contributed by atoms with E-state index in [1.807, 2.05) is 0 Å². The van der Waals surface area contributed by atoms with Crippen molar-refractivity contribution in [2.24, 2.45) is 0 Å². The molecule has 23 valence electrons. The minimum Gasteiger partial charge on any atom is -0.197 e. The minimum absolute atomic E-state index is 0. The quantitative estimate of drug-likeness (QED) is 0.379. The molecule has 5 heteroatoms. The number of hydrogen-bond acceptors (Lipinski definition) is 0. The van der Waals surface area contributed by atoms with Crippen LogP contribution >= 0.6 is 17.5 Å². The van der Waals surface area contributed by atoms with E-state index in [1.165, 1.54) is 7.53 Å². The van der Waals surface area contributed by atoms with Crippen LogP contribution in [0.5, 0.6) is 0 Å². The molecule has 0 N–H and O–H groups in total. The average molecular weight is 158 g/mol. The first-order valence-electron chi connectivity index (χ1n) is 2.07. The molecular formula is H5B2P2Zn. The van der Waals surface area contributed by atoms with Gasteiger partial charge in [0, 0.05) is 19.5 Å². The second-order valence-electron chi connectivity index (χ2n) is 0.333. The second-order valence-corrected chi connectivity index (χ2v) is 2.00. The first-order chi connectivity index (χ1) is 2.77. The molecule has 0 aliphatic rings. The van der Waals surface area contributed by atoms with E-state index in [0.717, 1.165) is 0 Å². The van der Waals surface area contributed by atoms with E-state index in [9.17, 15) is 0 Å². The third-order valence-corrected chi connectivity index (χ3v) is 0.866. The molecule has 0 saturated carbocycles. The Balaban J connectivity index is 0. The molecule has 0 aromatic heterocycles. The Kier molecular flexibility index (Phi) is 8.72. The van der Waals surface area contributed by atoms with Crippen molar-refractivity contribution in [3.05, 3.63) is 0 Å². The van der Waals surface area contributed by atoms with E-state index < -0.39 is 0 Å². The minimum atomic E-state index is -0.150. The molecular weight excluding hydrogens is 149 g/mol. The maximum Gasteiger partial charge on any atom is 0.162 e. The van der Waals surface area contributed by atoms with Gasteiger partial charge in [0.1, 0.15) is 7.53 Å². The Bertz CT molecular complexity index is 34.9.